The standard InChI is InChI=1S/C29H47NO4/c1-5-9-13-15-19-30-26-23-24(32-20-11-7-3)17-18-25(26)27(33-21-12-8-4)28(29(30)31)34-22-16-14-10-6-2/h17-18,23H,5-16,19-22H2,1-4H3. The third-order valence-corrected chi connectivity index (χ3v) is 6.14. The van der Waals surface area contributed by atoms with E-state index in [-0.39, 0.29) is 5.56 Å². The normalized spacial score (nSPS) is 11.2. The maximum atomic E-state index is 13.7. The van der Waals surface area contributed by atoms with Crippen LogP contribution in [0.5, 0.6) is 17.2 Å². The molecule has 0 radical (unpaired) electrons. The summed E-state index contributed by atoms with van der Waals surface area (Å²) in [7, 11) is 0. The number of pyridine rings is 1. The molecule has 0 aliphatic carbocycles. The molecular formula is C29H47NO4. The number of rotatable bonds is 19. The summed E-state index contributed by atoms with van der Waals surface area (Å²) in [4.78, 5) is 13.7. The predicted octanol–water partition coefficient (Wildman–Crippen LogP) is 7.90. The Balaban J connectivity index is 2.47. The van der Waals surface area contributed by atoms with Gasteiger partial charge >= 0.3 is 0 Å². The van der Waals surface area contributed by atoms with Crippen LogP contribution in [0.25, 0.3) is 10.9 Å². The SMILES string of the molecule is CCCCCCOc1c(OCCCC)c2ccc(OCCCC)cc2n(CCCCCC)c1=O. The van der Waals surface area contributed by atoms with E-state index in [2.05, 4.69) is 27.7 Å². The molecule has 0 N–H and O–H groups in total. The van der Waals surface area contributed by atoms with E-state index in [0.29, 0.717) is 37.9 Å². The first kappa shape index (κ1) is 28.1. The van der Waals surface area contributed by atoms with Gasteiger partial charge in [0.1, 0.15) is 5.75 Å². The lowest BCUT2D eigenvalue weighted by Gasteiger charge is -2.19. The number of fused-ring (bicyclic) bond motifs is 1. The highest BCUT2D eigenvalue weighted by Crippen LogP contribution is 2.35. The van der Waals surface area contributed by atoms with Crippen molar-refractivity contribution in [3.05, 3.63) is 28.6 Å². The molecule has 0 saturated carbocycles. The van der Waals surface area contributed by atoms with Crippen LogP contribution in [0, 0.1) is 0 Å². The molecule has 0 saturated heterocycles. The molecule has 0 aliphatic heterocycles. The van der Waals surface area contributed by atoms with Gasteiger partial charge < -0.3 is 18.8 Å². The number of aryl methyl sites for hydroxylation is 1. The number of nitrogens with zero attached hydrogens (tertiary/aromatic N) is 1. The van der Waals surface area contributed by atoms with Gasteiger partial charge in [0.05, 0.1) is 25.3 Å². The summed E-state index contributed by atoms with van der Waals surface area (Å²) >= 11 is 0. The zero-order valence-corrected chi connectivity index (χ0v) is 22.1. The van der Waals surface area contributed by atoms with Crippen LogP contribution < -0.4 is 19.8 Å². The Morgan fingerprint density at radius 2 is 1.24 bits per heavy atom. The van der Waals surface area contributed by atoms with Gasteiger partial charge in [0, 0.05) is 18.0 Å². The Bertz CT molecular complexity index is 890. The van der Waals surface area contributed by atoms with Crippen LogP contribution in [0.3, 0.4) is 0 Å². The van der Waals surface area contributed by atoms with E-state index in [0.717, 1.165) is 68.0 Å². The number of ether oxygens (including phenoxy) is 3. The molecule has 5 heteroatoms. The average Bonchev–Trinajstić information content (AvgIpc) is 2.84. The van der Waals surface area contributed by atoms with Crippen molar-refractivity contribution in [2.75, 3.05) is 19.8 Å². The molecule has 0 spiro atoms. The second kappa shape index (κ2) is 16.5. The zero-order chi connectivity index (χ0) is 24.6. The fraction of sp³-hybridized carbons (Fsp3) is 0.690. The maximum Gasteiger partial charge on any atom is 0.297 e. The third kappa shape index (κ3) is 8.56. The van der Waals surface area contributed by atoms with Crippen molar-refractivity contribution in [3.63, 3.8) is 0 Å². The highest BCUT2D eigenvalue weighted by molar-refractivity contribution is 5.89. The quantitative estimate of drug-likeness (QED) is 0.195. The number of unbranched alkanes of at least 4 members (excludes halogenated alkanes) is 8. The first-order chi connectivity index (χ1) is 16.7. The Morgan fingerprint density at radius 1 is 0.647 bits per heavy atom. The van der Waals surface area contributed by atoms with Crippen LogP contribution in [0.4, 0.5) is 0 Å². The topological polar surface area (TPSA) is 49.7 Å². The molecule has 0 unspecified atom stereocenters. The van der Waals surface area contributed by atoms with E-state index in [9.17, 15) is 4.79 Å². The highest BCUT2D eigenvalue weighted by Gasteiger charge is 2.20. The van der Waals surface area contributed by atoms with Gasteiger partial charge in [-0.2, -0.15) is 0 Å². The van der Waals surface area contributed by atoms with E-state index in [1.165, 1.54) is 25.7 Å². The minimum absolute atomic E-state index is 0.0864. The van der Waals surface area contributed by atoms with Gasteiger partial charge in [-0.15, -0.1) is 0 Å². The smallest absolute Gasteiger partial charge is 0.297 e. The number of aromatic nitrogens is 1. The van der Waals surface area contributed by atoms with Gasteiger partial charge in [-0.3, -0.25) is 4.79 Å². The van der Waals surface area contributed by atoms with Crippen molar-refractivity contribution < 1.29 is 14.2 Å². The molecule has 0 amide bonds. The van der Waals surface area contributed by atoms with Gasteiger partial charge in [-0.1, -0.05) is 79.1 Å². The lowest BCUT2D eigenvalue weighted by molar-refractivity contribution is 0.258. The molecule has 0 fully saturated rings. The summed E-state index contributed by atoms with van der Waals surface area (Å²) in [6.07, 6.45) is 12.9. The minimum Gasteiger partial charge on any atom is -0.494 e. The molecule has 2 rings (SSSR count). The molecule has 0 atom stereocenters. The second-order valence-corrected chi connectivity index (χ2v) is 9.17. The number of hydrogen-bond donors (Lipinski definition) is 0. The number of benzene rings is 1. The number of hydrogen-bond acceptors (Lipinski definition) is 4. The van der Waals surface area contributed by atoms with Crippen LogP contribution in [0.1, 0.15) is 105 Å². The van der Waals surface area contributed by atoms with Crippen LogP contribution >= 0.6 is 0 Å². The van der Waals surface area contributed by atoms with Crippen LogP contribution in [0.2, 0.25) is 0 Å². The molecule has 5 nitrogen and oxygen atoms in total. The fourth-order valence-corrected chi connectivity index (χ4v) is 4.01. The third-order valence-electron chi connectivity index (χ3n) is 6.14. The van der Waals surface area contributed by atoms with Gasteiger partial charge in [0.15, 0.2) is 5.75 Å². The molecule has 0 aliphatic rings. The van der Waals surface area contributed by atoms with Crippen LogP contribution in [-0.2, 0) is 6.54 Å². The fourth-order valence-electron chi connectivity index (χ4n) is 4.01. The lowest BCUT2D eigenvalue weighted by Crippen LogP contribution is -2.24. The van der Waals surface area contributed by atoms with Crippen LogP contribution in [-0.4, -0.2) is 24.4 Å². The van der Waals surface area contributed by atoms with Crippen molar-refractivity contribution in [2.45, 2.75) is 111 Å². The van der Waals surface area contributed by atoms with E-state index in [4.69, 9.17) is 14.2 Å². The van der Waals surface area contributed by atoms with Gasteiger partial charge in [0.2, 0.25) is 5.75 Å². The van der Waals surface area contributed by atoms with Gasteiger partial charge in [0.25, 0.3) is 5.56 Å². The Hall–Kier alpha value is -2.17. The maximum absolute atomic E-state index is 13.7. The summed E-state index contributed by atoms with van der Waals surface area (Å²) in [5.74, 6) is 1.76. The molecule has 192 valence electrons. The van der Waals surface area contributed by atoms with Crippen LogP contribution in [0.15, 0.2) is 23.0 Å². The Labute approximate surface area is 206 Å². The van der Waals surface area contributed by atoms with E-state index < -0.39 is 0 Å². The van der Waals surface area contributed by atoms with E-state index in [1.807, 2.05) is 22.8 Å². The molecule has 2 aromatic rings. The van der Waals surface area contributed by atoms with Crippen molar-refractivity contribution in [2.24, 2.45) is 0 Å². The monoisotopic (exact) mass is 473 g/mol. The highest BCUT2D eigenvalue weighted by atomic mass is 16.5. The Kier molecular flexibility index (Phi) is 13.6. The summed E-state index contributed by atoms with van der Waals surface area (Å²) < 4.78 is 20.2. The van der Waals surface area contributed by atoms with Crippen molar-refractivity contribution >= 4 is 10.9 Å². The Morgan fingerprint density at radius 3 is 1.91 bits per heavy atom. The average molecular weight is 474 g/mol. The van der Waals surface area contributed by atoms with E-state index >= 15 is 0 Å². The van der Waals surface area contributed by atoms with Crippen molar-refractivity contribution in [1.82, 2.24) is 4.57 Å². The molecule has 34 heavy (non-hydrogen) atoms. The zero-order valence-electron chi connectivity index (χ0n) is 22.1. The molecule has 1 heterocycles. The summed E-state index contributed by atoms with van der Waals surface area (Å²) in [6.45, 7) is 11.2. The van der Waals surface area contributed by atoms with Crippen molar-refractivity contribution in [3.8, 4) is 17.2 Å². The first-order valence-electron chi connectivity index (χ1n) is 13.8. The first-order valence-corrected chi connectivity index (χ1v) is 13.8. The summed E-state index contributed by atoms with van der Waals surface area (Å²) in [5.41, 5.74) is 0.789. The lowest BCUT2D eigenvalue weighted by atomic mass is 10.1. The van der Waals surface area contributed by atoms with Gasteiger partial charge in [-0.05, 0) is 37.8 Å². The summed E-state index contributed by atoms with van der Waals surface area (Å²) in [5, 5.41) is 0.928. The van der Waals surface area contributed by atoms with Gasteiger partial charge in [-0.25, -0.2) is 0 Å². The molecule has 1 aromatic heterocycles. The summed E-state index contributed by atoms with van der Waals surface area (Å²) in [6, 6.07) is 6.02. The molecule has 0 bridgehead atoms. The molecular weight excluding hydrogens is 426 g/mol. The largest absolute Gasteiger partial charge is 0.494 e. The second-order valence-electron chi connectivity index (χ2n) is 9.17. The van der Waals surface area contributed by atoms with Crippen molar-refractivity contribution in [1.29, 1.82) is 0 Å². The minimum atomic E-state index is -0.0864. The van der Waals surface area contributed by atoms with E-state index in [1.54, 1.807) is 0 Å². The predicted molar refractivity (Wildman–Crippen MR) is 143 cm³/mol. The molecule has 1 aromatic carbocycles.